The number of hydrogen-bond donors (Lipinski definition) is 1. The first-order chi connectivity index (χ1) is 19.1. The van der Waals surface area contributed by atoms with Gasteiger partial charge in [0.05, 0.1) is 40.6 Å². The van der Waals surface area contributed by atoms with Crippen LogP contribution in [0.15, 0.2) is 96.4 Å². The molecule has 0 spiro atoms. The van der Waals surface area contributed by atoms with E-state index in [1.807, 2.05) is 78.9 Å². The Kier molecular flexibility index (Phi) is 11.3. The van der Waals surface area contributed by atoms with Gasteiger partial charge in [0.25, 0.3) is 0 Å². The van der Waals surface area contributed by atoms with Crippen LogP contribution in [0.3, 0.4) is 0 Å². The highest BCUT2D eigenvalue weighted by Crippen LogP contribution is 2.37. The van der Waals surface area contributed by atoms with E-state index in [1.165, 1.54) is 11.8 Å². The molecule has 208 valence electrons. The van der Waals surface area contributed by atoms with Gasteiger partial charge in [0.1, 0.15) is 41.4 Å². The molecule has 8 heteroatoms. The molecule has 5 atom stereocenters. The minimum absolute atomic E-state index is 0.226. The highest BCUT2D eigenvalue weighted by molar-refractivity contribution is 7.99. The van der Waals surface area contributed by atoms with Gasteiger partial charge in [-0.25, -0.2) is 0 Å². The van der Waals surface area contributed by atoms with E-state index in [0.717, 1.165) is 27.5 Å². The second kappa shape index (κ2) is 15.1. The zero-order chi connectivity index (χ0) is 27.5. The van der Waals surface area contributed by atoms with Crippen LogP contribution in [0.4, 0.5) is 0 Å². The molecule has 0 radical (unpaired) electrons. The summed E-state index contributed by atoms with van der Waals surface area (Å²) in [5, 5.41) is 10.4. The van der Waals surface area contributed by atoms with Gasteiger partial charge in [0, 0.05) is 4.90 Å². The highest BCUT2D eigenvalue weighted by atomic mass is 32.2. The molecule has 0 unspecified atom stereocenters. The smallest absolute Gasteiger partial charge is 0.137 e. The lowest BCUT2D eigenvalue weighted by Gasteiger charge is -2.45. The third kappa shape index (κ3) is 8.08. The van der Waals surface area contributed by atoms with Gasteiger partial charge in [-0.1, -0.05) is 60.3 Å². The average molecular weight is 553 g/mol. The molecule has 39 heavy (non-hydrogen) atoms. The van der Waals surface area contributed by atoms with Crippen molar-refractivity contribution in [2.45, 2.75) is 48.0 Å². The fourth-order valence-electron chi connectivity index (χ4n) is 4.33. The van der Waals surface area contributed by atoms with Gasteiger partial charge in [0.2, 0.25) is 0 Å². The monoisotopic (exact) mass is 552 g/mol. The van der Waals surface area contributed by atoms with Gasteiger partial charge in [-0.2, -0.15) is 0 Å². The maximum Gasteiger partial charge on any atom is 0.137 e. The molecule has 4 rings (SSSR count). The fourth-order valence-corrected chi connectivity index (χ4v) is 5.48. The molecule has 1 fully saturated rings. The molecular formula is C31H36O7S. The van der Waals surface area contributed by atoms with Crippen LogP contribution >= 0.6 is 11.8 Å². The summed E-state index contributed by atoms with van der Waals surface area (Å²) in [5.41, 5.74) is 1.50. The van der Waals surface area contributed by atoms with Crippen molar-refractivity contribution in [2.75, 3.05) is 27.4 Å². The zero-order valence-corrected chi connectivity index (χ0v) is 23.1. The van der Waals surface area contributed by atoms with Gasteiger partial charge >= 0.3 is 0 Å². The maximum absolute atomic E-state index is 10.4. The molecule has 0 aromatic heterocycles. The molecule has 7 nitrogen and oxygen atoms in total. The molecule has 0 saturated carbocycles. The Morgan fingerprint density at radius 3 is 1.85 bits per heavy atom. The first-order valence-corrected chi connectivity index (χ1v) is 13.7. The number of hydrogen-bond acceptors (Lipinski definition) is 8. The Hall–Kier alpha value is -2.85. The number of ether oxygens (including phenoxy) is 6. The van der Waals surface area contributed by atoms with E-state index >= 15 is 0 Å². The Morgan fingerprint density at radius 2 is 1.33 bits per heavy atom. The molecule has 3 aromatic carbocycles. The van der Waals surface area contributed by atoms with Crippen LogP contribution in [0.1, 0.15) is 11.1 Å². The van der Waals surface area contributed by atoms with Crippen molar-refractivity contribution in [1.29, 1.82) is 0 Å². The number of benzene rings is 3. The van der Waals surface area contributed by atoms with E-state index in [-0.39, 0.29) is 6.61 Å². The van der Waals surface area contributed by atoms with Crippen LogP contribution in [0, 0.1) is 0 Å². The van der Waals surface area contributed by atoms with Gasteiger partial charge in [-0.3, -0.25) is 0 Å². The molecule has 0 bridgehead atoms. The predicted octanol–water partition coefficient (Wildman–Crippen LogP) is 5.26. The molecule has 1 N–H and O–H groups in total. The second-order valence-electron chi connectivity index (χ2n) is 8.99. The summed E-state index contributed by atoms with van der Waals surface area (Å²) < 4.78 is 36.2. The second-order valence-corrected chi connectivity index (χ2v) is 10.2. The Morgan fingerprint density at radius 1 is 0.769 bits per heavy atom. The van der Waals surface area contributed by atoms with Gasteiger partial charge in [-0.05, 0) is 47.5 Å². The van der Waals surface area contributed by atoms with E-state index in [4.69, 9.17) is 28.4 Å². The lowest BCUT2D eigenvalue weighted by molar-refractivity contribution is -0.247. The average Bonchev–Trinajstić information content (AvgIpc) is 2.99. The van der Waals surface area contributed by atoms with Crippen molar-refractivity contribution in [3.8, 4) is 11.5 Å². The zero-order valence-electron chi connectivity index (χ0n) is 22.3. The van der Waals surface area contributed by atoms with E-state index in [2.05, 4.69) is 6.58 Å². The number of thioether (sulfide) groups is 1. The van der Waals surface area contributed by atoms with Crippen molar-refractivity contribution in [3.05, 3.63) is 103 Å². The molecular weight excluding hydrogens is 516 g/mol. The largest absolute Gasteiger partial charge is 0.497 e. The Labute approximate surface area is 234 Å². The van der Waals surface area contributed by atoms with Crippen LogP contribution in [0.25, 0.3) is 0 Å². The molecule has 1 aliphatic rings. The summed E-state index contributed by atoms with van der Waals surface area (Å²) in [6.45, 7) is 4.55. The van der Waals surface area contributed by atoms with Crippen molar-refractivity contribution >= 4 is 11.8 Å². The first-order valence-electron chi connectivity index (χ1n) is 12.8. The van der Waals surface area contributed by atoms with Crippen LogP contribution in [0.5, 0.6) is 11.5 Å². The first kappa shape index (κ1) is 29.1. The maximum atomic E-state index is 10.4. The van der Waals surface area contributed by atoms with Crippen LogP contribution in [0.2, 0.25) is 0 Å². The predicted molar refractivity (Wildman–Crippen MR) is 151 cm³/mol. The summed E-state index contributed by atoms with van der Waals surface area (Å²) in [6.07, 6.45) is -0.518. The number of aliphatic hydroxyl groups excluding tert-OH is 1. The standard InChI is InChI=1S/C31H36O7S/c1-4-18-35-30-29(37-21-23-12-16-25(34-3)17-13-23)28(36-20-22-10-14-24(33-2)15-11-22)27(19-32)38-31(30)39-26-8-6-5-7-9-26/h4-17,27-32H,1,18-21H2,2-3H3/t27-,28-,29+,30+,31-/m1/s1. The van der Waals surface area contributed by atoms with Gasteiger partial charge in [-0.15, -0.1) is 6.58 Å². The molecule has 1 heterocycles. The summed E-state index contributed by atoms with van der Waals surface area (Å²) in [6, 6.07) is 25.4. The molecule has 1 saturated heterocycles. The lowest BCUT2D eigenvalue weighted by Crippen LogP contribution is -2.60. The summed E-state index contributed by atoms with van der Waals surface area (Å²) in [7, 11) is 3.27. The molecule has 0 aliphatic carbocycles. The van der Waals surface area contributed by atoms with Crippen LogP contribution in [-0.2, 0) is 32.2 Å². The van der Waals surface area contributed by atoms with Gasteiger partial charge < -0.3 is 33.5 Å². The Balaban J connectivity index is 1.59. The fraction of sp³-hybridized carbons (Fsp3) is 0.355. The topological polar surface area (TPSA) is 75.6 Å². The number of aliphatic hydroxyl groups is 1. The van der Waals surface area contributed by atoms with Crippen molar-refractivity contribution in [2.24, 2.45) is 0 Å². The summed E-state index contributed by atoms with van der Waals surface area (Å²) in [5.74, 6) is 1.55. The van der Waals surface area contributed by atoms with Crippen molar-refractivity contribution in [3.63, 3.8) is 0 Å². The van der Waals surface area contributed by atoms with Crippen LogP contribution < -0.4 is 9.47 Å². The van der Waals surface area contributed by atoms with E-state index < -0.39 is 29.9 Å². The minimum atomic E-state index is -0.617. The third-order valence-corrected chi connectivity index (χ3v) is 7.53. The highest BCUT2D eigenvalue weighted by Gasteiger charge is 2.48. The molecule has 1 aliphatic heterocycles. The summed E-state index contributed by atoms with van der Waals surface area (Å²) >= 11 is 1.53. The van der Waals surface area contributed by atoms with Crippen LogP contribution in [-0.4, -0.2) is 62.4 Å². The third-order valence-electron chi connectivity index (χ3n) is 6.38. The van der Waals surface area contributed by atoms with E-state index in [1.54, 1.807) is 20.3 Å². The number of methoxy groups -OCH3 is 2. The Bertz CT molecular complexity index is 1120. The lowest BCUT2D eigenvalue weighted by atomic mass is 9.99. The van der Waals surface area contributed by atoms with E-state index in [0.29, 0.717) is 19.8 Å². The summed E-state index contributed by atoms with van der Waals surface area (Å²) in [4.78, 5) is 1.03. The molecule has 3 aromatic rings. The normalized spacial score (nSPS) is 22.8. The minimum Gasteiger partial charge on any atom is -0.497 e. The van der Waals surface area contributed by atoms with Gasteiger partial charge in [0.15, 0.2) is 0 Å². The van der Waals surface area contributed by atoms with Crippen molar-refractivity contribution < 1.29 is 33.5 Å². The molecule has 0 amide bonds. The SMILES string of the molecule is C=CCO[C@H]1[C@@H](OCc2ccc(OC)cc2)[C@H](OCc2ccc(OC)cc2)[C@@H](CO)O[C@@H]1Sc1ccccc1. The van der Waals surface area contributed by atoms with Crippen molar-refractivity contribution in [1.82, 2.24) is 0 Å². The quantitative estimate of drug-likeness (QED) is 0.272. The van der Waals surface area contributed by atoms with E-state index in [9.17, 15) is 5.11 Å². The number of rotatable bonds is 14.